The summed E-state index contributed by atoms with van der Waals surface area (Å²) in [5.41, 5.74) is 1.16. The van der Waals surface area contributed by atoms with Crippen LogP contribution in [-0.2, 0) is 4.79 Å². The van der Waals surface area contributed by atoms with Crippen LogP contribution in [0.5, 0.6) is 0 Å². The Kier molecular flexibility index (Phi) is 3.98. The van der Waals surface area contributed by atoms with Crippen molar-refractivity contribution in [3.8, 4) is 0 Å². The van der Waals surface area contributed by atoms with E-state index in [1.54, 1.807) is 6.92 Å². The van der Waals surface area contributed by atoms with Gasteiger partial charge in [0.2, 0.25) is 0 Å². The molecule has 0 saturated heterocycles. The van der Waals surface area contributed by atoms with Crippen molar-refractivity contribution in [1.82, 2.24) is 0 Å². The molecule has 1 aliphatic rings. The average molecular weight is 236 g/mol. The number of carbonyl (C=O) groups is 1. The Morgan fingerprint density at radius 1 is 1.47 bits per heavy atom. The van der Waals surface area contributed by atoms with Crippen LogP contribution >= 0.6 is 0 Å². The number of ketones is 1. The highest BCUT2D eigenvalue weighted by atomic mass is 16.3. The Balaban J connectivity index is 3.08. The molecule has 1 N–H and O–H groups in total. The molecule has 0 amide bonds. The fraction of sp³-hybridized carbons (Fsp3) is 0.667. The summed E-state index contributed by atoms with van der Waals surface area (Å²) in [5, 5.41) is 9.98. The second kappa shape index (κ2) is 4.77. The van der Waals surface area contributed by atoms with E-state index >= 15 is 0 Å². The second-order valence-corrected chi connectivity index (χ2v) is 5.89. The minimum atomic E-state index is -0.788. The summed E-state index contributed by atoms with van der Waals surface area (Å²) in [6.07, 6.45) is 5.95. The summed E-state index contributed by atoms with van der Waals surface area (Å²) >= 11 is 0. The molecular weight excluding hydrogens is 212 g/mol. The zero-order chi connectivity index (χ0) is 13.3. The van der Waals surface area contributed by atoms with Crippen LogP contribution in [0, 0.1) is 5.41 Å². The van der Waals surface area contributed by atoms with Crippen LogP contribution in [0.15, 0.2) is 23.3 Å². The maximum absolute atomic E-state index is 11.7. The molecule has 0 aliphatic heterocycles. The predicted octanol–water partition coefficient (Wildman–Crippen LogP) is 3.41. The van der Waals surface area contributed by atoms with Crippen molar-refractivity contribution in [2.45, 2.75) is 59.5 Å². The van der Waals surface area contributed by atoms with E-state index < -0.39 is 5.60 Å². The van der Waals surface area contributed by atoms with Gasteiger partial charge in [-0.25, -0.2) is 0 Å². The van der Waals surface area contributed by atoms with Crippen molar-refractivity contribution in [2.75, 3.05) is 0 Å². The summed E-state index contributed by atoms with van der Waals surface area (Å²) in [7, 11) is 0. The van der Waals surface area contributed by atoms with Crippen molar-refractivity contribution >= 4 is 5.78 Å². The van der Waals surface area contributed by atoms with Crippen molar-refractivity contribution in [1.29, 1.82) is 0 Å². The van der Waals surface area contributed by atoms with E-state index in [4.69, 9.17) is 0 Å². The number of carbonyl (C=O) groups excluding carboxylic acids is 1. The molecule has 1 aliphatic carbocycles. The molecule has 96 valence electrons. The smallest absolute Gasteiger partial charge is 0.158 e. The van der Waals surface area contributed by atoms with Crippen molar-refractivity contribution < 1.29 is 9.90 Å². The zero-order valence-electron chi connectivity index (χ0n) is 11.6. The molecule has 0 aromatic carbocycles. The summed E-state index contributed by atoms with van der Waals surface area (Å²) in [6.45, 7) is 9.94. The normalized spacial score (nSPS) is 24.2. The molecule has 2 heteroatoms. The maximum Gasteiger partial charge on any atom is 0.158 e. The first kappa shape index (κ1) is 14.2. The molecule has 17 heavy (non-hydrogen) atoms. The number of Topliss-reactive ketones (excluding diaryl/α,β-unsaturated/α-hetero) is 1. The Bertz CT molecular complexity index is 370. The van der Waals surface area contributed by atoms with E-state index in [9.17, 15) is 9.90 Å². The van der Waals surface area contributed by atoms with Gasteiger partial charge in [-0.05, 0) is 43.3 Å². The predicted molar refractivity (Wildman–Crippen MR) is 70.8 cm³/mol. The standard InChI is InChI=1S/C15H24O2/c1-6-15(5,17)10-7-12-11(2)13(16)8-9-14(12,3)4/h7,10,17H,6,8-9H2,1-5H3/b10-7+. The minimum absolute atomic E-state index is 0.0261. The summed E-state index contributed by atoms with van der Waals surface area (Å²) in [4.78, 5) is 11.7. The molecule has 2 nitrogen and oxygen atoms in total. The number of aliphatic hydroxyl groups is 1. The quantitative estimate of drug-likeness (QED) is 0.815. The van der Waals surface area contributed by atoms with Gasteiger partial charge in [0.1, 0.15) is 0 Å². The topological polar surface area (TPSA) is 37.3 Å². The van der Waals surface area contributed by atoms with Gasteiger partial charge in [0.05, 0.1) is 5.60 Å². The Labute approximate surface area is 104 Å². The first-order valence-electron chi connectivity index (χ1n) is 6.36. The molecule has 1 unspecified atom stereocenters. The van der Waals surface area contributed by atoms with Gasteiger partial charge in [-0.3, -0.25) is 4.79 Å². The third kappa shape index (κ3) is 3.29. The molecular formula is C15H24O2. The van der Waals surface area contributed by atoms with Crippen LogP contribution in [-0.4, -0.2) is 16.5 Å². The molecule has 0 radical (unpaired) electrons. The highest BCUT2D eigenvalue weighted by molar-refractivity contribution is 5.97. The zero-order valence-corrected chi connectivity index (χ0v) is 11.6. The third-order valence-electron chi connectivity index (χ3n) is 3.85. The first-order valence-corrected chi connectivity index (χ1v) is 6.36. The molecule has 1 atom stereocenters. The largest absolute Gasteiger partial charge is 0.386 e. The van der Waals surface area contributed by atoms with Crippen LogP contribution < -0.4 is 0 Å². The Morgan fingerprint density at radius 3 is 2.59 bits per heavy atom. The number of rotatable bonds is 3. The summed E-state index contributed by atoms with van der Waals surface area (Å²) < 4.78 is 0. The molecule has 0 aromatic rings. The average Bonchev–Trinajstić information content (AvgIpc) is 2.24. The molecule has 0 bridgehead atoms. The molecule has 1 rings (SSSR count). The van der Waals surface area contributed by atoms with E-state index in [1.165, 1.54) is 0 Å². The van der Waals surface area contributed by atoms with Crippen molar-refractivity contribution in [3.63, 3.8) is 0 Å². The van der Waals surface area contributed by atoms with Crippen molar-refractivity contribution in [3.05, 3.63) is 23.3 Å². The van der Waals surface area contributed by atoms with Crippen LogP contribution in [0.2, 0.25) is 0 Å². The fourth-order valence-electron chi connectivity index (χ4n) is 2.14. The van der Waals surface area contributed by atoms with Gasteiger partial charge in [-0.15, -0.1) is 0 Å². The van der Waals surface area contributed by atoms with Crippen LogP contribution in [0.1, 0.15) is 53.9 Å². The fourth-order valence-corrected chi connectivity index (χ4v) is 2.14. The van der Waals surface area contributed by atoms with Crippen LogP contribution in [0.3, 0.4) is 0 Å². The van der Waals surface area contributed by atoms with Gasteiger partial charge in [0.15, 0.2) is 5.78 Å². The third-order valence-corrected chi connectivity index (χ3v) is 3.85. The van der Waals surface area contributed by atoms with E-state index in [0.717, 1.165) is 17.6 Å². The lowest BCUT2D eigenvalue weighted by molar-refractivity contribution is -0.116. The van der Waals surface area contributed by atoms with Gasteiger partial charge in [-0.1, -0.05) is 32.9 Å². The first-order chi connectivity index (χ1) is 7.69. The van der Waals surface area contributed by atoms with Gasteiger partial charge < -0.3 is 5.11 Å². The maximum atomic E-state index is 11.7. The lowest BCUT2D eigenvalue weighted by atomic mass is 9.72. The summed E-state index contributed by atoms with van der Waals surface area (Å²) in [6, 6.07) is 0. The molecule has 0 heterocycles. The van der Waals surface area contributed by atoms with E-state index in [-0.39, 0.29) is 11.2 Å². The SMILES string of the molecule is CCC(C)(O)/C=C/C1=C(C)C(=O)CCC1(C)C. The Hall–Kier alpha value is -0.890. The van der Waals surface area contributed by atoms with Crippen molar-refractivity contribution in [2.24, 2.45) is 5.41 Å². The van der Waals surface area contributed by atoms with Gasteiger partial charge in [0, 0.05) is 6.42 Å². The number of allylic oxidation sites excluding steroid dienone is 3. The molecule has 0 spiro atoms. The number of hydrogen-bond acceptors (Lipinski definition) is 2. The molecule has 0 aromatic heterocycles. The van der Waals surface area contributed by atoms with E-state index in [2.05, 4.69) is 13.8 Å². The molecule has 0 saturated carbocycles. The lowest BCUT2D eigenvalue weighted by Crippen LogP contribution is -2.25. The monoisotopic (exact) mass is 236 g/mol. The van der Waals surface area contributed by atoms with E-state index in [0.29, 0.717) is 12.8 Å². The molecule has 0 fully saturated rings. The lowest BCUT2D eigenvalue weighted by Gasteiger charge is -2.32. The van der Waals surface area contributed by atoms with Crippen LogP contribution in [0.25, 0.3) is 0 Å². The highest BCUT2D eigenvalue weighted by Crippen LogP contribution is 2.39. The highest BCUT2D eigenvalue weighted by Gasteiger charge is 2.31. The second-order valence-electron chi connectivity index (χ2n) is 5.89. The Morgan fingerprint density at radius 2 is 2.06 bits per heavy atom. The van der Waals surface area contributed by atoms with Gasteiger partial charge in [-0.2, -0.15) is 0 Å². The van der Waals surface area contributed by atoms with Crippen LogP contribution in [0.4, 0.5) is 0 Å². The summed E-state index contributed by atoms with van der Waals surface area (Å²) in [5.74, 6) is 0.236. The van der Waals surface area contributed by atoms with Gasteiger partial charge >= 0.3 is 0 Å². The van der Waals surface area contributed by atoms with E-state index in [1.807, 2.05) is 26.0 Å². The van der Waals surface area contributed by atoms with Gasteiger partial charge in [0.25, 0.3) is 0 Å². The number of hydrogen-bond donors (Lipinski definition) is 1. The minimum Gasteiger partial charge on any atom is -0.386 e.